The minimum absolute atomic E-state index is 0.0459. The average Bonchev–Trinajstić information content (AvgIpc) is 2.66. The van der Waals surface area contributed by atoms with E-state index in [1.54, 1.807) is 6.08 Å². The van der Waals surface area contributed by atoms with Gasteiger partial charge in [0.1, 0.15) is 0 Å². The lowest BCUT2D eigenvalue weighted by molar-refractivity contribution is -0.124. The summed E-state index contributed by atoms with van der Waals surface area (Å²) in [5.74, 6) is -0.841. The molecule has 1 aliphatic rings. The molecule has 134 valence electrons. The van der Waals surface area contributed by atoms with Crippen molar-refractivity contribution < 1.29 is 14.8 Å². The van der Waals surface area contributed by atoms with Crippen LogP contribution in [0.15, 0.2) is 48.1 Å². The summed E-state index contributed by atoms with van der Waals surface area (Å²) >= 11 is 0. The van der Waals surface area contributed by atoms with E-state index in [9.17, 15) is 9.59 Å². The third kappa shape index (κ3) is 5.57. The smallest absolute Gasteiger partial charge is 0.267 e. The summed E-state index contributed by atoms with van der Waals surface area (Å²) in [6.07, 6.45) is 8.34. The van der Waals surface area contributed by atoms with Gasteiger partial charge < -0.3 is 4.90 Å². The molecule has 1 fully saturated rings. The number of amides is 1. The van der Waals surface area contributed by atoms with Crippen molar-refractivity contribution in [3.8, 4) is 0 Å². The fourth-order valence-corrected chi connectivity index (χ4v) is 3.02. The van der Waals surface area contributed by atoms with Crippen molar-refractivity contribution in [3.63, 3.8) is 0 Å². The van der Waals surface area contributed by atoms with Gasteiger partial charge in [-0.25, -0.2) is 5.48 Å². The van der Waals surface area contributed by atoms with E-state index < -0.39 is 5.91 Å². The first kappa shape index (κ1) is 18.9. The van der Waals surface area contributed by atoms with Crippen LogP contribution in [0.25, 0.3) is 0 Å². The number of Topliss-reactive ketones (excluding diaryl/α,β-unsaturated/α-hetero) is 1. The summed E-state index contributed by atoms with van der Waals surface area (Å²) in [6, 6.07) is 7.82. The van der Waals surface area contributed by atoms with Gasteiger partial charge in [-0.05, 0) is 50.5 Å². The van der Waals surface area contributed by atoms with E-state index >= 15 is 0 Å². The van der Waals surface area contributed by atoms with Crippen LogP contribution in [0.2, 0.25) is 0 Å². The van der Waals surface area contributed by atoms with Gasteiger partial charge in [0, 0.05) is 36.3 Å². The summed E-state index contributed by atoms with van der Waals surface area (Å²) in [6.45, 7) is 5.81. The highest BCUT2D eigenvalue weighted by Crippen LogP contribution is 2.21. The number of benzene rings is 1. The normalized spacial score (nSPS) is 16.8. The fraction of sp³-hybridized carbons (Fsp3) is 0.400. The highest BCUT2D eigenvalue weighted by atomic mass is 16.5. The first-order valence-electron chi connectivity index (χ1n) is 8.71. The number of carbonyl (C=O) groups is 2. The molecule has 1 heterocycles. The Kier molecular flexibility index (Phi) is 6.95. The molecule has 1 unspecified atom stereocenters. The number of nitrogens with zero attached hydrogens (tertiary/aromatic N) is 1. The molecule has 0 radical (unpaired) electrons. The standard InChI is InChI=1S/C20H26N2O3/c1-15(6-11-19(23)21-25)14-16(2)20(24)17-7-9-18(10-8-17)22-12-4-3-5-13-22/h6-11,14,16,25H,3-5,12-13H2,1-2H3,(H,21,23). The number of allylic oxidation sites excluding steroid dienone is 3. The number of nitrogens with one attached hydrogen (secondary N) is 1. The maximum Gasteiger partial charge on any atom is 0.267 e. The van der Waals surface area contributed by atoms with Crippen molar-refractivity contribution in [1.82, 2.24) is 5.48 Å². The Labute approximate surface area is 149 Å². The molecular formula is C20H26N2O3. The number of carbonyl (C=O) groups excluding carboxylic acids is 2. The Bertz CT molecular complexity index is 656. The summed E-state index contributed by atoms with van der Waals surface area (Å²) < 4.78 is 0. The Hall–Kier alpha value is -2.40. The second-order valence-corrected chi connectivity index (χ2v) is 6.47. The van der Waals surface area contributed by atoms with E-state index in [-0.39, 0.29) is 11.7 Å². The predicted molar refractivity (Wildman–Crippen MR) is 98.8 cm³/mol. The number of hydrogen-bond acceptors (Lipinski definition) is 4. The third-order valence-electron chi connectivity index (χ3n) is 4.41. The van der Waals surface area contributed by atoms with Gasteiger partial charge in [0.15, 0.2) is 5.78 Å². The molecule has 2 N–H and O–H groups in total. The number of hydrogen-bond donors (Lipinski definition) is 2. The summed E-state index contributed by atoms with van der Waals surface area (Å²) in [5, 5.41) is 8.46. The fourth-order valence-electron chi connectivity index (χ4n) is 3.02. The van der Waals surface area contributed by atoms with Crippen molar-refractivity contribution in [2.24, 2.45) is 5.92 Å². The van der Waals surface area contributed by atoms with E-state index in [2.05, 4.69) is 4.90 Å². The lowest BCUT2D eigenvalue weighted by atomic mass is 9.96. The Morgan fingerprint density at radius 2 is 1.76 bits per heavy atom. The van der Waals surface area contributed by atoms with E-state index in [4.69, 9.17) is 5.21 Å². The van der Waals surface area contributed by atoms with E-state index in [0.717, 1.165) is 18.7 Å². The highest BCUT2D eigenvalue weighted by molar-refractivity contribution is 5.99. The van der Waals surface area contributed by atoms with Crippen LogP contribution in [0.3, 0.4) is 0 Å². The molecule has 2 rings (SSSR count). The van der Waals surface area contributed by atoms with Crippen molar-refractivity contribution in [2.75, 3.05) is 18.0 Å². The molecule has 5 nitrogen and oxygen atoms in total. The molecule has 0 bridgehead atoms. The minimum Gasteiger partial charge on any atom is -0.372 e. The molecule has 0 saturated carbocycles. The molecule has 1 amide bonds. The zero-order valence-corrected chi connectivity index (χ0v) is 14.9. The molecule has 25 heavy (non-hydrogen) atoms. The summed E-state index contributed by atoms with van der Waals surface area (Å²) in [7, 11) is 0. The number of piperidine rings is 1. The Morgan fingerprint density at radius 3 is 2.36 bits per heavy atom. The predicted octanol–water partition coefficient (Wildman–Crippen LogP) is 3.50. The third-order valence-corrected chi connectivity index (χ3v) is 4.41. The van der Waals surface area contributed by atoms with Gasteiger partial charge in [0.05, 0.1) is 0 Å². The number of rotatable bonds is 6. The van der Waals surface area contributed by atoms with E-state index in [0.29, 0.717) is 5.56 Å². The average molecular weight is 342 g/mol. The molecule has 0 spiro atoms. The molecule has 1 saturated heterocycles. The van der Waals surface area contributed by atoms with Crippen molar-refractivity contribution in [3.05, 3.63) is 53.6 Å². The monoisotopic (exact) mass is 342 g/mol. The van der Waals surface area contributed by atoms with Crippen molar-refractivity contribution in [1.29, 1.82) is 0 Å². The zero-order chi connectivity index (χ0) is 18.2. The van der Waals surface area contributed by atoms with E-state index in [1.807, 2.05) is 44.2 Å². The van der Waals surface area contributed by atoms with Crippen LogP contribution in [0, 0.1) is 5.92 Å². The van der Waals surface area contributed by atoms with Gasteiger partial charge in [-0.2, -0.15) is 0 Å². The first-order chi connectivity index (χ1) is 12.0. The highest BCUT2D eigenvalue weighted by Gasteiger charge is 2.15. The van der Waals surface area contributed by atoms with Gasteiger partial charge in [0.2, 0.25) is 0 Å². The molecule has 1 atom stereocenters. The van der Waals surface area contributed by atoms with Gasteiger partial charge in [-0.3, -0.25) is 14.8 Å². The number of anilines is 1. The van der Waals surface area contributed by atoms with Gasteiger partial charge in [-0.15, -0.1) is 0 Å². The number of hydroxylamine groups is 1. The maximum absolute atomic E-state index is 12.6. The van der Waals surface area contributed by atoms with Crippen LogP contribution in [-0.2, 0) is 4.79 Å². The van der Waals surface area contributed by atoms with Crippen LogP contribution in [-0.4, -0.2) is 30.0 Å². The molecule has 1 aromatic carbocycles. The SMILES string of the molecule is CC(C=CC(=O)NO)=CC(C)C(=O)c1ccc(N2CCCCC2)cc1. The molecule has 1 aliphatic heterocycles. The van der Waals surface area contributed by atoms with Gasteiger partial charge in [-0.1, -0.05) is 24.6 Å². The molecular weight excluding hydrogens is 316 g/mol. The molecule has 0 aromatic heterocycles. The Balaban J connectivity index is 2.01. The second-order valence-electron chi connectivity index (χ2n) is 6.47. The molecule has 1 aromatic rings. The lowest BCUT2D eigenvalue weighted by Crippen LogP contribution is -2.29. The minimum atomic E-state index is -0.597. The number of ketones is 1. The summed E-state index contributed by atoms with van der Waals surface area (Å²) in [5.41, 5.74) is 4.18. The summed E-state index contributed by atoms with van der Waals surface area (Å²) in [4.78, 5) is 25.9. The van der Waals surface area contributed by atoms with Gasteiger partial charge >= 0.3 is 0 Å². The molecule has 0 aliphatic carbocycles. The second kappa shape index (κ2) is 9.18. The Morgan fingerprint density at radius 1 is 1.12 bits per heavy atom. The lowest BCUT2D eigenvalue weighted by Gasteiger charge is -2.28. The molecule has 5 heteroatoms. The topological polar surface area (TPSA) is 69.6 Å². The van der Waals surface area contributed by atoms with Gasteiger partial charge in [0.25, 0.3) is 5.91 Å². The van der Waals surface area contributed by atoms with Crippen LogP contribution < -0.4 is 10.4 Å². The van der Waals surface area contributed by atoms with Crippen molar-refractivity contribution in [2.45, 2.75) is 33.1 Å². The maximum atomic E-state index is 12.6. The zero-order valence-electron chi connectivity index (χ0n) is 14.9. The van der Waals surface area contributed by atoms with Crippen LogP contribution in [0.4, 0.5) is 5.69 Å². The first-order valence-corrected chi connectivity index (χ1v) is 8.71. The van der Waals surface area contributed by atoms with Crippen molar-refractivity contribution >= 4 is 17.4 Å². The quantitative estimate of drug-likeness (QED) is 0.273. The largest absolute Gasteiger partial charge is 0.372 e. The van der Waals surface area contributed by atoms with E-state index in [1.165, 1.54) is 36.5 Å². The van der Waals surface area contributed by atoms with Crippen LogP contribution in [0.5, 0.6) is 0 Å². The van der Waals surface area contributed by atoms with Crippen LogP contribution >= 0.6 is 0 Å². The van der Waals surface area contributed by atoms with Crippen LogP contribution in [0.1, 0.15) is 43.5 Å².